The van der Waals surface area contributed by atoms with Gasteiger partial charge in [-0.1, -0.05) is 25.1 Å². The molecule has 0 unspecified atom stereocenters. The van der Waals surface area contributed by atoms with Crippen molar-refractivity contribution in [1.29, 1.82) is 0 Å². The number of benzene rings is 2. The minimum absolute atomic E-state index is 0.0896. The van der Waals surface area contributed by atoms with E-state index in [1.165, 1.54) is 6.07 Å². The van der Waals surface area contributed by atoms with Gasteiger partial charge in [-0.25, -0.2) is 0 Å². The second-order valence-corrected chi connectivity index (χ2v) is 6.59. The zero-order chi connectivity index (χ0) is 16.4. The van der Waals surface area contributed by atoms with Gasteiger partial charge in [-0.15, -0.1) is 4.40 Å². The van der Waals surface area contributed by atoms with Gasteiger partial charge in [0.15, 0.2) is 5.84 Å². The Morgan fingerprint density at radius 1 is 1.09 bits per heavy atom. The summed E-state index contributed by atoms with van der Waals surface area (Å²) in [5.74, 6) is 0.188. The van der Waals surface area contributed by atoms with Gasteiger partial charge < -0.3 is 10.6 Å². The monoisotopic (exact) mass is 329 g/mol. The van der Waals surface area contributed by atoms with Crippen LogP contribution in [0.1, 0.15) is 18.9 Å². The molecule has 23 heavy (non-hydrogen) atoms. The van der Waals surface area contributed by atoms with Crippen LogP contribution in [0.3, 0.4) is 0 Å². The van der Waals surface area contributed by atoms with Crippen LogP contribution in [0.5, 0.6) is 0 Å². The molecule has 0 spiro atoms. The van der Waals surface area contributed by atoms with Crippen LogP contribution in [-0.4, -0.2) is 20.2 Å². The molecule has 0 saturated carbocycles. The first-order chi connectivity index (χ1) is 11.0. The van der Waals surface area contributed by atoms with Crippen LogP contribution in [0.15, 0.2) is 57.8 Å². The number of rotatable bonds is 3. The van der Waals surface area contributed by atoms with Crippen LogP contribution < -0.4 is 10.6 Å². The highest BCUT2D eigenvalue weighted by molar-refractivity contribution is 7.90. The smallest absolute Gasteiger partial charge is 0.285 e. The lowest BCUT2D eigenvalue weighted by molar-refractivity contribution is -0.115. The summed E-state index contributed by atoms with van der Waals surface area (Å²) in [6.45, 7) is 1.77. The van der Waals surface area contributed by atoms with E-state index in [4.69, 9.17) is 0 Å². The third kappa shape index (κ3) is 3.09. The molecule has 2 N–H and O–H groups in total. The highest BCUT2D eigenvalue weighted by Gasteiger charge is 2.28. The number of carbonyl (C=O) groups excluding carboxylic acids is 1. The van der Waals surface area contributed by atoms with Gasteiger partial charge in [0.1, 0.15) is 4.90 Å². The summed E-state index contributed by atoms with van der Waals surface area (Å²) in [4.78, 5) is 11.6. The average molecular weight is 329 g/mol. The van der Waals surface area contributed by atoms with Gasteiger partial charge in [-0.2, -0.15) is 8.42 Å². The second-order valence-electron chi connectivity index (χ2n) is 5.02. The van der Waals surface area contributed by atoms with Crippen molar-refractivity contribution in [2.45, 2.75) is 18.2 Å². The topological polar surface area (TPSA) is 87.6 Å². The maximum Gasteiger partial charge on any atom is 0.285 e. The third-order valence-electron chi connectivity index (χ3n) is 3.36. The first kappa shape index (κ1) is 15.2. The van der Waals surface area contributed by atoms with E-state index in [1.54, 1.807) is 49.4 Å². The Morgan fingerprint density at radius 2 is 1.83 bits per heavy atom. The summed E-state index contributed by atoms with van der Waals surface area (Å²) in [6.07, 6.45) is 0.385. The van der Waals surface area contributed by atoms with Crippen LogP contribution in [0, 0.1) is 0 Å². The maximum absolute atomic E-state index is 12.0. The lowest BCUT2D eigenvalue weighted by atomic mass is 10.2. The van der Waals surface area contributed by atoms with E-state index >= 15 is 0 Å². The quantitative estimate of drug-likeness (QED) is 0.906. The molecule has 0 bridgehead atoms. The Labute approximate surface area is 134 Å². The van der Waals surface area contributed by atoms with Crippen molar-refractivity contribution in [3.8, 4) is 0 Å². The fraction of sp³-hybridized carbons (Fsp3) is 0.125. The molecule has 0 aromatic heterocycles. The van der Waals surface area contributed by atoms with Gasteiger partial charge in [0, 0.05) is 23.4 Å². The Bertz CT molecular complexity index is 904. The number of amidine groups is 1. The summed E-state index contributed by atoms with van der Waals surface area (Å²) in [5.41, 5.74) is 1.82. The van der Waals surface area contributed by atoms with Crippen molar-refractivity contribution >= 4 is 33.1 Å². The number of anilines is 2. The molecule has 118 valence electrons. The molecule has 1 amide bonds. The molecule has 7 heteroatoms. The van der Waals surface area contributed by atoms with E-state index < -0.39 is 10.0 Å². The molecular formula is C16H15N3O3S. The fourth-order valence-corrected chi connectivity index (χ4v) is 3.43. The molecule has 0 atom stereocenters. The number of amides is 1. The number of carbonyl (C=O) groups is 1. The Kier molecular flexibility index (Phi) is 3.87. The summed E-state index contributed by atoms with van der Waals surface area (Å²) in [6, 6.07) is 13.7. The van der Waals surface area contributed by atoms with Gasteiger partial charge in [-0.05, 0) is 30.3 Å². The fourth-order valence-electron chi connectivity index (χ4n) is 2.26. The number of hydrogen-bond acceptors (Lipinski definition) is 4. The number of nitrogens with zero attached hydrogens (tertiary/aromatic N) is 1. The van der Waals surface area contributed by atoms with Crippen LogP contribution in [0.2, 0.25) is 0 Å². The summed E-state index contributed by atoms with van der Waals surface area (Å²) < 4.78 is 27.8. The van der Waals surface area contributed by atoms with Crippen LogP contribution in [0.4, 0.5) is 11.4 Å². The first-order valence-corrected chi connectivity index (χ1v) is 8.55. The molecule has 1 aliphatic heterocycles. The molecule has 1 aliphatic rings. The number of fused-ring (bicyclic) bond motifs is 1. The van der Waals surface area contributed by atoms with E-state index in [1.807, 2.05) is 0 Å². The first-order valence-electron chi connectivity index (χ1n) is 7.11. The SMILES string of the molecule is CCC(=O)Nc1cccc(NC2=NS(=O)(=O)c3ccccc32)c1. The van der Waals surface area contributed by atoms with E-state index in [-0.39, 0.29) is 16.6 Å². The summed E-state index contributed by atoms with van der Waals surface area (Å²) in [5, 5.41) is 5.76. The van der Waals surface area contributed by atoms with Crippen molar-refractivity contribution in [2.24, 2.45) is 4.40 Å². The van der Waals surface area contributed by atoms with E-state index in [0.717, 1.165) is 0 Å². The largest absolute Gasteiger partial charge is 0.339 e. The van der Waals surface area contributed by atoms with Crippen molar-refractivity contribution in [3.63, 3.8) is 0 Å². The Balaban J connectivity index is 1.89. The number of nitrogens with one attached hydrogen (secondary N) is 2. The average Bonchev–Trinajstić information content (AvgIpc) is 2.79. The van der Waals surface area contributed by atoms with Gasteiger partial charge in [0.05, 0.1) is 0 Å². The molecule has 6 nitrogen and oxygen atoms in total. The normalized spacial score (nSPS) is 14.7. The van der Waals surface area contributed by atoms with Crippen LogP contribution >= 0.6 is 0 Å². The zero-order valence-corrected chi connectivity index (χ0v) is 13.2. The van der Waals surface area contributed by atoms with E-state index in [9.17, 15) is 13.2 Å². The Hall–Kier alpha value is -2.67. The predicted molar refractivity (Wildman–Crippen MR) is 89.2 cm³/mol. The van der Waals surface area contributed by atoms with E-state index in [2.05, 4.69) is 15.0 Å². The van der Waals surface area contributed by atoms with Gasteiger partial charge in [0.25, 0.3) is 10.0 Å². The van der Waals surface area contributed by atoms with E-state index in [0.29, 0.717) is 23.4 Å². The molecular weight excluding hydrogens is 314 g/mol. The highest BCUT2D eigenvalue weighted by Crippen LogP contribution is 2.27. The van der Waals surface area contributed by atoms with Crippen molar-refractivity contribution < 1.29 is 13.2 Å². The molecule has 0 fully saturated rings. The van der Waals surface area contributed by atoms with Crippen molar-refractivity contribution in [2.75, 3.05) is 10.6 Å². The molecule has 1 heterocycles. The zero-order valence-electron chi connectivity index (χ0n) is 12.4. The van der Waals surface area contributed by atoms with Gasteiger partial charge >= 0.3 is 0 Å². The lowest BCUT2D eigenvalue weighted by Crippen LogP contribution is -2.12. The maximum atomic E-state index is 12.0. The number of sulfonamides is 1. The molecule has 0 aliphatic carbocycles. The molecule has 2 aromatic carbocycles. The summed E-state index contributed by atoms with van der Waals surface area (Å²) in [7, 11) is -3.65. The standard InChI is InChI=1S/C16H15N3O3S/c1-2-15(20)17-11-6-5-7-12(10-11)18-16-13-8-3-4-9-14(13)23(21,22)19-16/h3-10H,2H2,1H3,(H,17,20)(H,18,19). The van der Waals surface area contributed by atoms with Gasteiger partial charge in [0.2, 0.25) is 5.91 Å². The lowest BCUT2D eigenvalue weighted by Gasteiger charge is -2.09. The molecule has 2 aromatic rings. The molecule has 3 rings (SSSR count). The number of hydrogen-bond donors (Lipinski definition) is 2. The van der Waals surface area contributed by atoms with Gasteiger partial charge in [-0.3, -0.25) is 4.79 Å². The van der Waals surface area contributed by atoms with Crippen LogP contribution in [0.25, 0.3) is 0 Å². The minimum atomic E-state index is -3.65. The molecule has 0 radical (unpaired) electrons. The highest BCUT2D eigenvalue weighted by atomic mass is 32.2. The Morgan fingerprint density at radius 3 is 2.61 bits per heavy atom. The minimum Gasteiger partial charge on any atom is -0.339 e. The summed E-state index contributed by atoms with van der Waals surface area (Å²) >= 11 is 0. The van der Waals surface area contributed by atoms with Crippen LogP contribution in [-0.2, 0) is 14.8 Å². The molecule has 0 saturated heterocycles. The van der Waals surface area contributed by atoms with Crippen molar-refractivity contribution in [3.05, 3.63) is 54.1 Å². The van der Waals surface area contributed by atoms with Crippen molar-refractivity contribution in [1.82, 2.24) is 0 Å². The second kappa shape index (κ2) is 5.85. The predicted octanol–water partition coefficient (Wildman–Crippen LogP) is 2.60. The third-order valence-corrected chi connectivity index (χ3v) is 4.70.